The standard InChI is InChI=1S/C18H20F2O/c1-18(2,3)13-6-4-12(5-7-13)10-17(21)15-11-14(19)8-9-16(15)20/h4-9,11,17,21H,10H2,1-3H3. The van der Waals surface area contributed by atoms with Crippen LogP contribution in [-0.2, 0) is 11.8 Å². The maximum Gasteiger partial charge on any atom is 0.129 e. The van der Waals surface area contributed by atoms with Gasteiger partial charge in [0.05, 0.1) is 6.10 Å². The van der Waals surface area contributed by atoms with E-state index in [9.17, 15) is 13.9 Å². The van der Waals surface area contributed by atoms with Gasteiger partial charge in [-0.2, -0.15) is 0 Å². The second kappa shape index (κ2) is 5.94. The van der Waals surface area contributed by atoms with Crippen molar-refractivity contribution in [2.24, 2.45) is 0 Å². The molecule has 112 valence electrons. The summed E-state index contributed by atoms with van der Waals surface area (Å²) < 4.78 is 26.8. The molecule has 0 aliphatic heterocycles. The van der Waals surface area contributed by atoms with Crippen molar-refractivity contribution in [2.75, 3.05) is 0 Å². The molecule has 1 unspecified atom stereocenters. The average molecular weight is 290 g/mol. The van der Waals surface area contributed by atoms with Crippen molar-refractivity contribution >= 4 is 0 Å². The lowest BCUT2D eigenvalue weighted by molar-refractivity contribution is 0.173. The summed E-state index contributed by atoms with van der Waals surface area (Å²) in [5.41, 5.74) is 2.14. The smallest absolute Gasteiger partial charge is 0.129 e. The number of halogens is 2. The van der Waals surface area contributed by atoms with E-state index in [4.69, 9.17) is 0 Å². The minimum absolute atomic E-state index is 0.00472. The molecule has 1 N–H and O–H groups in total. The van der Waals surface area contributed by atoms with Gasteiger partial charge in [0.1, 0.15) is 11.6 Å². The van der Waals surface area contributed by atoms with Crippen LogP contribution in [0.5, 0.6) is 0 Å². The topological polar surface area (TPSA) is 20.2 Å². The van der Waals surface area contributed by atoms with E-state index in [-0.39, 0.29) is 17.4 Å². The van der Waals surface area contributed by atoms with Gasteiger partial charge in [-0.05, 0) is 34.7 Å². The van der Waals surface area contributed by atoms with Crippen LogP contribution in [0.25, 0.3) is 0 Å². The van der Waals surface area contributed by atoms with Gasteiger partial charge in [0.2, 0.25) is 0 Å². The van der Waals surface area contributed by atoms with Gasteiger partial charge in [0.25, 0.3) is 0 Å². The minimum Gasteiger partial charge on any atom is -0.388 e. The lowest BCUT2D eigenvalue weighted by Gasteiger charge is -2.19. The second-order valence-electron chi connectivity index (χ2n) is 6.33. The molecule has 2 aromatic rings. The van der Waals surface area contributed by atoms with E-state index in [0.717, 1.165) is 23.8 Å². The summed E-state index contributed by atoms with van der Waals surface area (Å²) in [6, 6.07) is 11.0. The zero-order valence-electron chi connectivity index (χ0n) is 12.5. The maximum atomic E-state index is 13.6. The third kappa shape index (κ3) is 3.88. The van der Waals surface area contributed by atoms with E-state index in [1.54, 1.807) is 0 Å². The van der Waals surface area contributed by atoms with Crippen LogP contribution in [0.4, 0.5) is 8.78 Å². The van der Waals surface area contributed by atoms with E-state index in [1.165, 1.54) is 5.56 Å². The van der Waals surface area contributed by atoms with Crippen molar-refractivity contribution in [3.8, 4) is 0 Å². The fourth-order valence-corrected chi connectivity index (χ4v) is 2.24. The lowest BCUT2D eigenvalue weighted by Crippen LogP contribution is -2.11. The zero-order chi connectivity index (χ0) is 15.6. The Hall–Kier alpha value is -1.74. The van der Waals surface area contributed by atoms with Crippen molar-refractivity contribution in [2.45, 2.75) is 38.7 Å². The number of aliphatic hydroxyl groups excluding tert-OH is 1. The Morgan fingerprint density at radius 1 is 1.00 bits per heavy atom. The number of benzene rings is 2. The molecule has 0 aliphatic rings. The predicted molar refractivity (Wildman–Crippen MR) is 80.2 cm³/mol. The first-order chi connectivity index (χ1) is 9.77. The highest BCUT2D eigenvalue weighted by Gasteiger charge is 2.16. The number of hydrogen-bond donors (Lipinski definition) is 1. The largest absolute Gasteiger partial charge is 0.388 e. The summed E-state index contributed by atoms with van der Waals surface area (Å²) in [6.07, 6.45) is -0.800. The molecular weight excluding hydrogens is 270 g/mol. The molecule has 0 aliphatic carbocycles. The first kappa shape index (κ1) is 15.6. The number of rotatable bonds is 3. The van der Waals surface area contributed by atoms with Crippen LogP contribution in [0.2, 0.25) is 0 Å². The molecule has 0 fully saturated rings. The predicted octanol–water partition coefficient (Wildman–Crippen LogP) is 4.54. The van der Waals surface area contributed by atoms with E-state index in [0.29, 0.717) is 0 Å². The van der Waals surface area contributed by atoms with E-state index >= 15 is 0 Å². The van der Waals surface area contributed by atoms with Crippen molar-refractivity contribution < 1.29 is 13.9 Å². The summed E-state index contributed by atoms with van der Waals surface area (Å²) in [4.78, 5) is 0. The maximum absolute atomic E-state index is 13.6. The Bertz CT molecular complexity index is 612. The summed E-state index contributed by atoms with van der Waals surface area (Å²) >= 11 is 0. The van der Waals surface area contributed by atoms with E-state index in [2.05, 4.69) is 20.8 Å². The van der Waals surface area contributed by atoms with Gasteiger partial charge in [-0.15, -0.1) is 0 Å². The first-order valence-corrected chi connectivity index (χ1v) is 7.00. The van der Waals surface area contributed by atoms with Gasteiger partial charge in [0.15, 0.2) is 0 Å². The summed E-state index contributed by atoms with van der Waals surface area (Å²) in [6.45, 7) is 6.37. The Balaban J connectivity index is 2.16. The lowest BCUT2D eigenvalue weighted by atomic mass is 9.86. The normalized spacial score (nSPS) is 13.2. The molecule has 0 saturated heterocycles. The van der Waals surface area contributed by atoms with E-state index in [1.807, 2.05) is 24.3 Å². The molecule has 0 radical (unpaired) electrons. The molecule has 0 bridgehead atoms. The van der Waals surface area contributed by atoms with Crippen LogP contribution in [0.3, 0.4) is 0 Å². The van der Waals surface area contributed by atoms with Gasteiger partial charge in [-0.25, -0.2) is 8.78 Å². The third-order valence-corrected chi connectivity index (χ3v) is 3.57. The molecular formula is C18H20F2O. The summed E-state index contributed by atoms with van der Waals surface area (Å²) in [5.74, 6) is -1.14. The van der Waals surface area contributed by atoms with Crippen LogP contribution in [0.15, 0.2) is 42.5 Å². The summed E-state index contributed by atoms with van der Waals surface area (Å²) in [7, 11) is 0. The molecule has 2 rings (SSSR count). The molecule has 1 atom stereocenters. The molecule has 1 nitrogen and oxygen atoms in total. The molecule has 0 aromatic heterocycles. The fourth-order valence-electron chi connectivity index (χ4n) is 2.24. The molecule has 0 saturated carbocycles. The van der Waals surface area contributed by atoms with E-state index < -0.39 is 17.7 Å². The molecule has 2 aromatic carbocycles. The van der Waals surface area contributed by atoms with Gasteiger partial charge in [-0.3, -0.25) is 0 Å². The fraction of sp³-hybridized carbons (Fsp3) is 0.333. The zero-order valence-corrected chi connectivity index (χ0v) is 12.5. The molecule has 0 spiro atoms. The Kier molecular flexibility index (Phi) is 4.43. The molecule has 0 heterocycles. The Morgan fingerprint density at radius 2 is 1.62 bits per heavy atom. The number of hydrogen-bond acceptors (Lipinski definition) is 1. The van der Waals surface area contributed by atoms with Gasteiger partial charge in [-0.1, -0.05) is 45.0 Å². The van der Waals surface area contributed by atoms with Crippen molar-refractivity contribution in [3.63, 3.8) is 0 Å². The average Bonchev–Trinajstić information content (AvgIpc) is 2.41. The van der Waals surface area contributed by atoms with Crippen molar-refractivity contribution in [3.05, 3.63) is 70.8 Å². The van der Waals surface area contributed by atoms with Crippen LogP contribution >= 0.6 is 0 Å². The minimum atomic E-state index is -1.05. The Morgan fingerprint density at radius 3 is 2.19 bits per heavy atom. The Labute approximate surface area is 124 Å². The van der Waals surface area contributed by atoms with Crippen LogP contribution < -0.4 is 0 Å². The van der Waals surface area contributed by atoms with Gasteiger partial charge >= 0.3 is 0 Å². The highest BCUT2D eigenvalue weighted by Crippen LogP contribution is 2.25. The van der Waals surface area contributed by atoms with Crippen LogP contribution in [-0.4, -0.2) is 5.11 Å². The van der Waals surface area contributed by atoms with Crippen LogP contribution in [0.1, 0.15) is 43.6 Å². The van der Waals surface area contributed by atoms with Gasteiger partial charge in [0, 0.05) is 12.0 Å². The quantitative estimate of drug-likeness (QED) is 0.880. The van der Waals surface area contributed by atoms with Crippen LogP contribution in [0, 0.1) is 11.6 Å². The second-order valence-corrected chi connectivity index (χ2v) is 6.33. The first-order valence-electron chi connectivity index (χ1n) is 7.00. The molecule has 0 amide bonds. The monoisotopic (exact) mass is 290 g/mol. The SMILES string of the molecule is CC(C)(C)c1ccc(CC(O)c2cc(F)ccc2F)cc1. The molecule has 21 heavy (non-hydrogen) atoms. The third-order valence-electron chi connectivity index (χ3n) is 3.57. The van der Waals surface area contributed by atoms with Gasteiger partial charge < -0.3 is 5.11 Å². The summed E-state index contributed by atoms with van der Waals surface area (Å²) in [5, 5.41) is 10.1. The van der Waals surface area contributed by atoms with Crippen molar-refractivity contribution in [1.82, 2.24) is 0 Å². The van der Waals surface area contributed by atoms with Crippen molar-refractivity contribution in [1.29, 1.82) is 0 Å². The number of aliphatic hydroxyl groups is 1. The highest BCUT2D eigenvalue weighted by atomic mass is 19.1. The highest BCUT2D eigenvalue weighted by molar-refractivity contribution is 5.29. The molecule has 3 heteroatoms.